The van der Waals surface area contributed by atoms with Crippen LogP contribution in [0.5, 0.6) is 5.75 Å². The first-order valence-corrected chi connectivity index (χ1v) is 11.1. The molecule has 1 N–H and O–H groups in total. The summed E-state index contributed by atoms with van der Waals surface area (Å²) < 4.78 is 20.5. The van der Waals surface area contributed by atoms with E-state index in [2.05, 4.69) is 47.9 Å². The van der Waals surface area contributed by atoms with Gasteiger partial charge in [-0.3, -0.25) is 10.1 Å². The summed E-state index contributed by atoms with van der Waals surface area (Å²) in [5.41, 5.74) is 2.67. The molecule has 33 heavy (non-hydrogen) atoms. The number of nitrogens with one attached hydrogen (secondary N) is 1. The molecule has 1 heterocycles. The van der Waals surface area contributed by atoms with Crippen LogP contribution < -0.4 is 4.74 Å². The number of fused-ring (bicyclic) bond motifs is 1. The summed E-state index contributed by atoms with van der Waals surface area (Å²) in [7, 11) is 0. The van der Waals surface area contributed by atoms with Crippen molar-refractivity contribution in [1.29, 1.82) is 5.26 Å². The molecular weight excluding hydrogens is 559 g/mol. The third-order valence-corrected chi connectivity index (χ3v) is 5.83. The van der Waals surface area contributed by atoms with Gasteiger partial charge < -0.3 is 9.72 Å². The number of H-pyrrole nitrogens is 1. The normalized spacial score (nSPS) is 11.4. The number of aromatic amines is 1. The summed E-state index contributed by atoms with van der Waals surface area (Å²) in [6, 6.07) is 16.0. The van der Waals surface area contributed by atoms with E-state index in [1.54, 1.807) is 36.4 Å². The number of halogens is 3. The molecule has 1 aromatic heterocycles. The van der Waals surface area contributed by atoms with Crippen LogP contribution in [-0.4, -0.2) is 14.9 Å². The number of benzene rings is 3. The van der Waals surface area contributed by atoms with Gasteiger partial charge in [-0.05, 0) is 79.4 Å². The molecule has 0 saturated carbocycles. The molecule has 4 rings (SSSR count). The van der Waals surface area contributed by atoms with Crippen LogP contribution in [0, 0.1) is 27.3 Å². The number of aromatic nitrogens is 2. The highest BCUT2D eigenvalue weighted by molar-refractivity contribution is 9.11. The predicted octanol–water partition coefficient (Wildman–Crippen LogP) is 6.78. The zero-order chi connectivity index (χ0) is 23.5. The number of hydrogen-bond acceptors (Lipinski definition) is 5. The number of imidazole rings is 1. The fraction of sp³-hybridized carbons (Fsp3) is 0.0435. The van der Waals surface area contributed by atoms with E-state index >= 15 is 0 Å². The highest BCUT2D eigenvalue weighted by Gasteiger charge is 2.13. The van der Waals surface area contributed by atoms with Crippen molar-refractivity contribution < 1.29 is 14.1 Å². The topological polar surface area (TPSA) is 105 Å². The van der Waals surface area contributed by atoms with Crippen LogP contribution in [0.25, 0.3) is 22.7 Å². The number of non-ortho nitro benzene ring substituents is 1. The van der Waals surface area contributed by atoms with Gasteiger partial charge in [0.2, 0.25) is 0 Å². The van der Waals surface area contributed by atoms with E-state index in [1.165, 1.54) is 24.3 Å². The van der Waals surface area contributed by atoms with Crippen molar-refractivity contribution in [2.75, 3.05) is 0 Å². The Morgan fingerprint density at radius 2 is 1.97 bits per heavy atom. The van der Waals surface area contributed by atoms with Crippen molar-refractivity contribution in [2.45, 2.75) is 6.61 Å². The summed E-state index contributed by atoms with van der Waals surface area (Å²) in [6.07, 6.45) is 1.65. The number of ether oxygens (including phenoxy) is 1. The number of nitrogens with zero attached hydrogens (tertiary/aromatic N) is 3. The van der Waals surface area contributed by atoms with Gasteiger partial charge in [-0.25, -0.2) is 9.37 Å². The Labute approximate surface area is 203 Å². The maximum atomic E-state index is 13.4. The van der Waals surface area contributed by atoms with Crippen molar-refractivity contribution >= 4 is 60.2 Å². The van der Waals surface area contributed by atoms with E-state index in [-0.39, 0.29) is 17.9 Å². The Hall–Kier alpha value is -3.55. The van der Waals surface area contributed by atoms with Crippen LogP contribution in [0.2, 0.25) is 0 Å². The Morgan fingerprint density at radius 3 is 2.67 bits per heavy atom. The lowest BCUT2D eigenvalue weighted by molar-refractivity contribution is -0.384. The molecule has 0 atom stereocenters. The molecule has 0 fully saturated rings. The summed E-state index contributed by atoms with van der Waals surface area (Å²) in [5, 5.41) is 20.6. The molecule has 7 nitrogen and oxygen atoms in total. The smallest absolute Gasteiger partial charge is 0.269 e. The van der Waals surface area contributed by atoms with E-state index in [9.17, 15) is 19.8 Å². The van der Waals surface area contributed by atoms with Crippen molar-refractivity contribution in [2.24, 2.45) is 0 Å². The molecular formula is C23H13Br2FN4O3. The molecule has 164 valence electrons. The van der Waals surface area contributed by atoms with Crippen LogP contribution in [0.3, 0.4) is 0 Å². The van der Waals surface area contributed by atoms with Gasteiger partial charge >= 0.3 is 0 Å². The van der Waals surface area contributed by atoms with Gasteiger partial charge in [0.05, 0.1) is 30.5 Å². The van der Waals surface area contributed by atoms with Gasteiger partial charge in [-0.2, -0.15) is 5.26 Å². The molecule has 0 bridgehead atoms. The highest BCUT2D eigenvalue weighted by Crippen LogP contribution is 2.36. The van der Waals surface area contributed by atoms with Crippen molar-refractivity contribution in [1.82, 2.24) is 9.97 Å². The molecule has 0 amide bonds. The Balaban J connectivity index is 1.59. The number of allylic oxidation sites excluding steroid dienone is 1. The van der Waals surface area contributed by atoms with Gasteiger partial charge in [0.25, 0.3) is 5.69 Å². The maximum absolute atomic E-state index is 13.4. The Kier molecular flexibility index (Phi) is 6.53. The largest absolute Gasteiger partial charge is 0.487 e. The minimum Gasteiger partial charge on any atom is -0.487 e. The van der Waals surface area contributed by atoms with Gasteiger partial charge in [0, 0.05) is 12.1 Å². The van der Waals surface area contributed by atoms with Gasteiger partial charge in [0.15, 0.2) is 0 Å². The number of nitro benzene ring substituents is 1. The highest BCUT2D eigenvalue weighted by atomic mass is 79.9. The van der Waals surface area contributed by atoms with Crippen LogP contribution in [0.15, 0.2) is 63.5 Å². The van der Waals surface area contributed by atoms with Crippen LogP contribution in [-0.2, 0) is 6.61 Å². The van der Waals surface area contributed by atoms with E-state index < -0.39 is 10.7 Å². The molecule has 0 radical (unpaired) electrons. The summed E-state index contributed by atoms with van der Waals surface area (Å²) >= 11 is 6.95. The van der Waals surface area contributed by atoms with E-state index in [1.807, 2.05) is 0 Å². The minimum atomic E-state index is -0.457. The van der Waals surface area contributed by atoms with Crippen LogP contribution in [0.4, 0.5) is 10.1 Å². The van der Waals surface area contributed by atoms with Crippen LogP contribution in [0.1, 0.15) is 17.0 Å². The average Bonchev–Trinajstić information content (AvgIpc) is 3.20. The van der Waals surface area contributed by atoms with E-state index in [0.717, 1.165) is 0 Å². The fourth-order valence-corrected chi connectivity index (χ4v) is 4.60. The summed E-state index contributed by atoms with van der Waals surface area (Å²) in [4.78, 5) is 17.8. The second-order valence-electron chi connectivity index (χ2n) is 6.95. The summed E-state index contributed by atoms with van der Waals surface area (Å²) in [6.45, 7) is 0.132. The van der Waals surface area contributed by atoms with Gasteiger partial charge in [-0.1, -0.05) is 12.1 Å². The van der Waals surface area contributed by atoms with E-state index in [4.69, 9.17) is 4.74 Å². The average molecular weight is 572 g/mol. The molecule has 0 aliphatic heterocycles. The zero-order valence-electron chi connectivity index (χ0n) is 16.7. The van der Waals surface area contributed by atoms with Gasteiger partial charge in [-0.15, -0.1) is 0 Å². The third-order valence-electron chi connectivity index (χ3n) is 4.66. The number of nitriles is 1. The molecule has 3 aromatic carbocycles. The zero-order valence-corrected chi connectivity index (χ0v) is 19.9. The fourth-order valence-electron chi connectivity index (χ4n) is 3.15. The van der Waals surface area contributed by atoms with Crippen molar-refractivity contribution in [3.8, 4) is 11.8 Å². The second-order valence-corrected chi connectivity index (χ2v) is 8.65. The van der Waals surface area contributed by atoms with Crippen molar-refractivity contribution in [3.63, 3.8) is 0 Å². The molecule has 0 aliphatic carbocycles. The lowest BCUT2D eigenvalue weighted by Gasteiger charge is -2.11. The van der Waals surface area contributed by atoms with E-state index in [0.29, 0.717) is 42.7 Å². The molecule has 0 aliphatic rings. The first kappa shape index (κ1) is 22.6. The van der Waals surface area contributed by atoms with Crippen molar-refractivity contribution in [3.05, 3.63) is 96.4 Å². The molecule has 4 aromatic rings. The molecule has 0 unspecified atom stereocenters. The standard InChI is InChI=1S/C23H13Br2FN4O3/c24-18-8-14(6-15(11-27)23-28-20-5-4-16(26)10-21(20)29-23)9-19(25)22(18)33-12-13-2-1-3-17(7-13)30(31)32/h1-10H,12H2,(H,28,29)/b15-6-. The SMILES string of the molecule is N#C/C(=C/c1cc(Br)c(OCc2cccc([N+](=O)[O-])c2)c(Br)c1)c1nc2ccc(F)cc2[nH]1. The lowest BCUT2D eigenvalue weighted by atomic mass is 10.1. The van der Waals surface area contributed by atoms with Gasteiger partial charge in [0.1, 0.15) is 30.1 Å². The predicted molar refractivity (Wildman–Crippen MR) is 129 cm³/mol. The molecule has 0 saturated heterocycles. The first-order valence-electron chi connectivity index (χ1n) is 9.46. The monoisotopic (exact) mass is 570 g/mol. The number of nitro groups is 1. The molecule has 0 spiro atoms. The third kappa shape index (κ3) is 5.10. The Bertz CT molecular complexity index is 1440. The second kappa shape index (κ2) is 9.52. The van der Waals surface area contributed by atoms with Crippen LogP contribution >= 0.6 is 31.9 Å². The quantitative estimate of drug-likeness (QED) is 0.156. The first-order chi connectivity index (χ1) is 15.8. The Morgan fingerprint density at radius 1 is 1.21 bits per heavy atom. The minimum absolute atomic E-state index is 0.00734. The number of rotatable bonds is 6. The number of hydrogen-bond donors (Lipinski definition) is 1. The maximum Gasteiger partial charge on any atom is 0.269 e. The lowest BCUT2D eigenvalue weighted by Crippen LogP contribution is -1.98. The summed E-state index contributed by atoms with van der Waals surface area (Å²) in [5.74, 6) is 0.446. The molecule has 10 heteroatoms.